The summed E-state index contributed by atoms with van der Waals surface area (Å²) in [4.78, 5) is 2.64. The second-order valence-corrected chi connectivity index (χ2v) is 7.07. The zero-order chi connectivity index (χ0) is 14.8. The summed E-state index contributed by atoms with van der Waals surface area (Å²) in [5.41, 5.74) is 1.37. The highest BCUT2D eigenvalue weighted by atomic mass is 15.2. The van der Waals surface area contributed by atoms with Crippen LogP contribution in [0.4, 0.5) is 0 Å². The molecule has 3 atom stereocenters. The highest BCUT2D eigenvalue weighted by molar-refractivity contribution is 5.08. The highest BCUT2D eigenvalue weighted by Crippen LogP contribution is 2.39. The maximum atomic E-state index is 4.33. The lowest BCUT2D eigenvalue weighted by atomic mass is 9.83. The van der Waals surface area contributed by atoms with Gasteiger partial charge >= 0.3 is 0 Å². The van der Waals surface area contributed by atoms with E-state index in [0.29, 0.717) is 6.04 Å². The molecule has 0 saturated carbocycles. The third kappa shape index (κ3) is 3.32. The lowest BCUT2D eigenvalue weighted by molar-refractivity contribution is 0.112. The number of rotatable bonds is 6. The monoisotopic (exact) mass is 290 g/mol. The minimum absolute atomic E-state index is 0.617. The van der Waals surface area contributed by atoms with E-state index in [0.717, 1.165) is 31.0 Å². The number of fused-ring (bicyclic) bond motifs is 2. The molecular weight excluding hydrogens is 260 g/mol. The van der Waals surface area contributed by atoms with E-state index in [1.54, 1.807) is 0 Å². The molecule has 1 aromatic rings. The number of aromatic nitrogens is 2. The van der Waals surface area contributed by atoms with Crippen LogP contribution in [-0.2, 0) is 13.5 Å². The first-order valence-electron chi connectivity index (χ1n) is 8.60. The Bertz CT molecular complexity index is 441. The summed E-state index contributed by atoms with van der Waals surface area (Å²) in [5.74, 6) is 0.824. The molecule has 118 valence electrons. The van der Waals surface area contributed by atoms with Gasteiger partial charge in [0.15, 0.2) is 0 Å². The standard InChI is InChI=1S/C17H30N4/c1-4-7-18-17(8-13-11-19-20(2)12-13)14-9-15-5-6-16(10-14)21(15)3/h11-12,14-18H,4-10H2,1-3H3. The molecule has 2 aliphatic heterocycles. The van der Waals surface area contributed by atoms with E-state index in [1.807, 2.05) is 17.9 Å². The maximum absolute atomic E-state index is 4.33. The van der Waals surface area contributed by atoms with Gasteiger partial charge < -0.3 is 10.2 Å². The van der Waals surface area contributed by atoms with E-state index in [-0.39, 0.29) is 0 Å². The first-order chi connectivity index (χ1) is 10.2. The molecule has 2 fully saturated rings. The summed E-state index contributed by atoms with van der Waals surface area (Å²) in [6.07, 6.45) is 12.1. The number of piperidine rings is 1. The zero-order valence-electron chi connectivity index (χ0n) is 13.8. The van der Waals surface area contributed by atoms with E-state index in [9.17, 15) is 0 Å². The predicted octanol–water partition coefficient (Wildman–Crippen LogP) is 2.20. The molecule has 1 N–H and O–H groups in total. The molecule has 4 heteroatoms. The average Bonchev–Trinajstić information content (AvgIpc) is 2.94. The molecule has 0 radical (unpaired) electrons. The Kier molecular flexibility index (Phi) is 4.65. The van der Waals surface area contributed by atoms with Crippen LogP contribution in [0.25, 0.3) is 0 Å². The molecule has 21 heavy (non-hydrogen) atoms. The quantitative estimate of drug-likeness (QED) is 0.872. The van der Waals surface area contributed by atoms with E-state index in [1.165, 1.54) is 37.7 Å². The largest absolute Gasteiger partial charge is 0.313 e. The molecule has 0 aromatic carbocycles. The van der Waals surface area contributed by atoms with Gasteiger partial charge in [0.25, 0.3) is 0 Å². The van der Waals surface area contributed by atoms with Crippen molar-refractivity contribution < 1.29 is 0 Å². The number of hydrogen-bond acceptors (Lipinski definition) is 3. The maximum Gasteiger partial charge on any atom is 0.0522 e. The summed E-state index contributed by atoms with van der Waals surface area (Å²) >= 11 is 0. The van der Waals surface area contributed by atoms with Gasteiger partial charge in [0, 0.05) is 31.4 Å². The Morgan fingerprint density at radius 1 is 1.29 bits per heavy atom. The van der Waals surface area contributed by atoms with Crippen LogP contribution in [0.15, 0.2) is 12.4 Å². The summed E-state index contributed by atoms with van der Waals surface area (Å²) in [5, 5.41) is 8.16. The van der Waals surface area contributed by atoms with Gasteiger partial charge in [0.05, 0.1) is 6.20 Å². The molecule has 0 aliphatic carbocycles. The lowest BCUT2D eigenvalue weighted by Gasteiger charge is -2.40. The van der Waals surface area contributed by atoms with E-state index in [2.05, 4.69) is 35.5 Å². The summed E-state index contributed by atoms with van der Waals surface area (Å²) < 4.78 is 1.92. The second-order valence-electron chi connectivity index (χ2n) is 7.07. The van der Waals surface area contributed by atoms with Crippen molar-refractivity contribution in [1.82, 2.24) is 20.0 Å². The van der Waals surface area contributed by atoms with Crippen molar-refractivity contribution in [2.75, 3.05) is 13.6 Å². The van der Waals surface area contributed by atoms with E-state index >= 15 is 0 Å². The van der Waals surface area contributed by atoms with Crippen molar-refractivity contribution in [2.45, 2.75) is 63.6 Å². The second kappa shape index (κ2) is 6.49. The van der Waals surface area contributed by atoms with E-state index < -0.39 is 0 Å². The number of hydrogen-bond donors (Lipinski definition) is 1. The highest BCUT2D eigenvalue weighted by Gasteiger charge is 2.40. The fourth-order valence-electron chi connectivity index (χ4n) is 4.35. The van der Waals surface area contributed by atoms with Crippen LogP contribution in [-0.4, -0.2) is 46.4 Å². The van der Waals surface area contributed by atoms with E-state index in [4.69, 9.17) is 0 Å². The van der Waals surface area contributed by atoms with Crippen molar-refractivity contribution in [2.24, 2.45) is 13.0 Å². The van der Waals surface area contributed by atoms with Crippen LogP contribution >= 0.6 is 0 Å². The van der Waals surface area contributed by atoms with Crippen LogP contribution in [0.1, 0.15) is 44.6 Å². The Labute approximate surface area is 128 Å². The lowest BCUT2D eigenvalue weighted by Crippen LogP contribution is -2.48. The van der Waals surface area contributed by atoms with Gasteiger partial charge in [-0.2, -0.15) is 5.10 Å². The summed E-state index contributed by atoms with van der Waals surface area (Å²) in [6, 6.07) is 2.27. The van der Waals surface area contributed by atoms with Crippen molar-refractivity contribution in [3.63, 3.8) is 0 Å². The third-order valence-electron chi connectivity index (χ3n) is 5.57. The van der Waals surface area contributed by atoms with Crippen LogP contribution < -0.4 is 5.32 Å². The van der Waals surface area contributed by atoms with Crippen LogP contribution in [0.2, 0.25) is 0 Å². The van der Waals surface area contributed by atoms with Gasteiger partial charge in [-0.25, -0.2) is 0 Å². The Morgan fingerprint density at radius 2 is 2.00 bits per heavy atom. The summed E-state index contributed by atoms with van der Waals surface area (Å²) in [7, 11) is 4.34. The Balaban J connectivity index is 1.67. The van der Waals surface area contributed by atoms with Crippen molar-refractivity contribution in [1.29, 1.82) is 0 Å². The Hall–Kier alpha value is -0.870. The van der Waals surface area contributed by atoms with Gasteiger partial charge in [-0.3, -0.25) is 4.68 Å². The molecule has 3 rings (SSSR count). The van der Waals surface area contributed by atoms with Crippen molar-refractivity contribution in [3.05, 3.63) is 18.0 Å². The van der Waals surface area contributed by atoms with Gasteiger partial charge in [-0.05, 0) is 63.6 Å². The average molecular weight is 290 g/mol. The molecule has 4 nitrogen and oxygen atoms in total. The first-order valence-corrected chi connectivity index (χ1v) is 8.60. The molecule has 1 aromatic heterocycles. The number of nitrogens with zero attached hydrogens (tertiary/aromatic N) is 3. The molecular formula is C17H30N4. The van der Waals surface area contributed by atoms with Gasteiger partial charge in [0.1, 0.15) is 0 Å². The molecule has 0 amide bonds. The van der Waals surface area contributed by atoms with Gasteiger partial charge in [-0.15, -0.1) is 0 Å². The van der Waals surface area contributed by atoms with Crippen LogP contribution in [0, 0.1) is 5.92 Å². The van der Waals surface area contributed by atoms with Crippen LogP contribution in [0.5, 0.6) is 0 Å². The van der Waals surface area contributed by atoms with Gasteiger partial charge in [-0.1, -0.05) is 6.92 Å². The normalized spacial score (nSPS) is 30.7. The fraction of sp³-hybridized carbons (Fsp3) is 0.824. The molecule has 2 bridgehead atoms. The molecule has 3 unspecified atom stereocenters. The molecule has 3 heterocycles. The SMILES string of the molecule is CCCNC(Cc1cnn(C)c1)C1CC2CCC(C1)N2C. The van der Waals surface area contributed by atoms with Crippen molar-refractivity contribution in [3.8, 4) is 0 Å². The fourth-order valence-corrected chi connectivity index (χ4v) is 4.35. The molecule has 0 spiro atoms. The minimum Gasteiger partial charge on any atom is -0.313 e. The first kappa shape index (κ1) is 15.0. The van der Waals surface area contributed by atoms with Crippen LogP contribution in [0.3, 0.4) is 0 Å². The minimum atomic E-state index is 0.617. The zero-order valence-corrected chi connectivity index (χ0v) is 13.8. The van der Waals surface area contributed by atoms with Crippen molar-refractivity contribution >= 4 is 0 Å². The summed E-state index contributed by atoms with van der Waals surface area (Å²) in [6.45, 7) is 3.39. The topological polar surface area (TPSA) is 33.1 Å². The smallest absolute Gasteiger partial charge is 0.0522 e. The predicted molar refractivity (Wildman–Crippen MR) is 86.3 cm³/mol. The van der Waals surface area contributed by atoms with Gasteiger partial charge in [0.2, 0.25) is 0 Å². The Morgan fingerprint density at radius 3 is 2.57 bits per heavy atom. The third-order valence-corrected chi connectivity index (χ3v) is 5.57. The number of nitrogens with one attached hydrogen (secondary N) is 1. The molecule has 2 saturated heterocycles. The molecule has 2 aliphatic rings. The number of aryl methyl sites for hydroxylation is 1.